The van der Waals surface area contributed by atoms with Crippen molar-refractivity contribution in [3.8, 4) is 0 Å². The Morgan fingerprint density at radius 3 is 2.24 bits per heavy atom. The van der Waals surface area contributed by atoms with Crippen LogP contribution >= 0.6 is 0 Å². The second-order valence-corrected chi connectivity index (χ2v) is 7.10. The summed E-state index contributed by atoms with van der Waals surface area (Å²) in [6, 6.07) is 7.69. The van der Waals surface area contributed by atoms with E-state index < -0.39 is 0 Å². The van der Waals surface area contributed by atoms with E-state index in [1.807, 2.05) is 53.1 Å². The van der Waals surface area contributed by atoms with Gasteiger partial charge in [-0.15, -0.1) is 0 Å². The van der Waals surface area contributed by atoms with Gasteiger partial charge in [-0.25, -0.2) is 0 Å². The maximum atomic E-state index is 12.7. The van der Waals surface area contributed by atoms with E-state index in [2.05, 4.69) is 4.90 Å². The third-order valence-corrected chi connectivity index (χ3v) is 5.09. The third-order valence-electron chi connectivity index (χ3n) is 5.09. The molecule has 2 aliphatic rings. The van der Waals surface area contributed by atoms with E-state index in [9.17, 15) is 9.59 Å². The number of benzene rings is 1. The molecule has 0 atom stereocenters. The number of piperazine rings is 1. The molecule has 0 radical (unpaired) electrons. The van der Waals surface area contributed by atoms with Gasteiger partial charge in [0.05, 0.1) is 6.54 Å². The minimum Gasteiger partial charge on any atom is -0.378 e. The summed E-state index contributed by atoms with van der Waals surface area (Å²) >= 11 is 0. The molecule has 0 aromatic heterocycles. The average molecular weight is 344 g/mol. The Morgan fingerprint density at radius 2 is 1.60 bits per heavy atom. The zero-order valence-corrected chi connectivity index (χ0v) is 15.3. The van der Waals surface area contributed by atoms with Gasteiger partial charge >= 0.3 is 0 Å². The van der Waals surface area contributed by atoms with Gasteiger partial charge < -0.3 is 14.7 Å². The van der Waals surface area contributed by atoms with Crippen LogP contribution in [-0.4, -0.2) is 86.4 Å². The first-order chi connectivity index (χ1) is 12.0. The molecule has 6 heteroatoms. The van der Waals surface area contributed by atoms with Crippen molar-refractivity contribution in [3.05, 3.63) is 29.8 Å². The predicted octanol–water partition coefficient (Wildman–Crippen LogP) is 1.13. The molecule has 2 amide bonds. The number of hydrogen-bond acceptors (Lipinski definition) is 4. The van der Waals surface area contributed by atoms with Gasteiger partial charge in [-0.3, -0.25) is 14.5 Å². The highest BCUT2D eigenvalue weighted by molar-refractivity contribution is 5.95. The molecule has 136 valence electrons. The fraction of sp³-hybridized carbons (Fsp3) is 0.579. The summed E-state index contributed by atoms with van der Waals surface area (Å²) < 4.78 is 0. The van der Waals surface area contributed by atoms with Crippen LogP contribution in [-0.2, 0) is 4.79 Å². The van der Waals surface area contributed by atoms with Crippen molar-refractivity contribution in [1.29, 1.82) is 0 Å². The number of likely N-dealkylation sites (tertiary alicyclic amines) is 1. The molecule has 3 rings (SSSR count). The molecule has 6 nitrogen and oxygen atoms in total. The van der Waals surface area contributed by atoms with E-state index in [1.165, 1.54) is 12.8 Å². The highest BCUT2D eigenvalue weighted by Crippen LogP contribution is 2.16. The molecule has 2 saturated heterocycles. The van der Waals surface area contributed by atoms with Gasteiger partial charge in [-0.2, -0.15) is 0 Å². The minimum absolute atomic E-state index is 0.0512. The van der Waals surface area contributed by atoms with Crippen molar-refractivity contribution in [2.24, 2.45) is 0 Å². The van der Waals surface area contributed by atoms with Gasteiger partial charge in [-0.1, -0.05) is 6.07 Å². The topological polar surface area (TPSA) is 47.1 Å². The molecule has 0 N–H and O–H groups in total. The van der Waals surface area contributed by atoms with Crippen LogP contribution in [0, 0.1) is 0 Å². The van der Waals surface area contributed by atoms with Crippen molar-refractivity contribution < 1.29 is 9.59 Å². The zero-order chi connectivity index (χ0) is 17.8. The normalized spacial score (nSPS) is 18.5. The summed E-state index contributed by atoms with van der Waals surface area (Å²) in [5, 5.41) is 0. The van der Waals surface area contributed by atoms with Crippen LogP contribution in [0.25, 0.3) is 0 Å². The summed E-state index contributed by atoms with van der Waals surface area (Å²) in [5.74, 6) is 0.249. The summed E-state index contributed by atoms with van der Waals surface area (Å²) in [4.78, 5) is 33.1. The Morgan fingerprint density at radius 1 is 0.960 bits per heavy atom. The average Bonchev–Trinajstić information content (AvgIpc) is 3.14. The quantitative estimate of drug-likeness (QED) is 0.822. The number of nitrogens with zero attached hydrogens (tertiary/aromatic N) is 4. The van der Waals surface area contributed by atoms with E-state index in [-0.39, 0.29) is 11.8 Å². The van der Waals surface area contributed by atoms with Crippen LogP contribution in [0.1, 0.15) is 23.2 Å². The smallest absolute Gasteiger partial charge is 0.254 e. The lowest BCUT2D eigenvalue weighted by Crippen LogP contribution is -2.52. The van der Waals surface area contributed by atoms with Gasteiger partial charge in [0.25, 0.3) is 5.91 Å². The highest BCUT2D eigenvalue weighted by Gasteiger charge is 2.26. The van der Waals surface area contributed by atoms with E-state index in [0.717, 1.165) is 18.8 Å². The Bertz CT molecular complexity index is 618. The molecule has 0 saturated carbocycles. The molecular formula is C19H28N4O2. The number of amides is 2. The summed E-state index contributed by atoms with van der Waals surface area (Å²) in [6.45, 7) is 5.07. The lowest BCUT2D eigenvalue weighted by atomic mass is 10.1. The molecule has 0 bridgehead atoms. The standard InChI is InChI=1S/C19H28N4O2/c1-20(2)17-7-5-6-16(14-17)19(25)23-12-10-22(11-13-23)18(24)15-21-8-3-4-9-21/h5-7,14H,3-4,8-13,15H2,1-2H3. The van der Waals surface area contributed by atoms with Gasteiger partial charge in [-0.05, 0) is 44.1 Å². The molecule has 2 aliphatic heterocycles. The molecule has 2 fully saturated rings. The first-order valence-corrected chi connectivity index (χ1v) is 9.11. The largest absolute Gasteiger partial charge is 0.378 e. The molecule has 2 heterocycles. The van der Waals surface area contributed by atoms with Crippen molar-refractivity contribution in [2.75, 3.05) is 64.8 Å². The van der Waals surface area contributed by atoms with E-state index in [4.69, 9.17) is 0 Å². The minimum atomic E-state index is 0.0512. The number of carbonyl (C=O) groups excluding carboxylic acids is 2. The maximum Gasteiger partial charge on any atom is 0.254 e. The Kier molecular flexibility index (Phi) is 5.58. The molecule has 1 aromatic carbocycles. The van der Waals surface area contributed by atoms with Gasteiger partial charge in [0.1, 0.15) is 0 Å². The van der Waals surface area contributed by atoms with Crippen LogP contribution in [0.2, 0.25) is 0 Å². The SMILES string of the molecule is CN(C)c1cccc(C(=O)N2CCN(C(=O)CN3CCCC3)CC2)c1. The molecule has 1 aromatic rings. The molecular weight excluding hydrogens is 316 g/mol. The predicted molar refractivity (Wildman–Crippen MR) is 98.9 cm³/mol. The Balaban J connectivity index is 1.53. The van der Waals surface area contributed by atoms with Crippen molar-refractivity contribution in [1.82, 2.24) is 14.7 Å². The Labute approximate surface area is 150 Å². The molecule has 25 heavy (non-hydrogen) atoms. The van der Waals surface area contributed by atoms with Crippen LogP contribution in [0.15, 0.2) is 24.3 Å². The van der Waals surface area contributed by atoms with Crippen LogP contribution < -0.4 is 4.90 Å². The first kappa shape index (κ1) is 17.7. The fourth-order valence-corrected chi connectivity index (χ4v) is 3.49. The second kappa shape index (κ2) is 7.87. The third kappa shape index (κ3) is 4.31. The number of carbonyl (C=O) groups is 2. The Hall–Kier alpha value is -2.08. The highest BCUT2D eigenvalue weighted by atomic mass is 16.2. The molecule has 0 unspecified atom stereocenters. The van der Waals surface area contributed by atoms with Crippen molar-refractivity contribution >= 4 is 17.5 Å². The van der Waals surface area contributed by atoms with E-state index in [1.54, 1.807) is 0 Å². The number of rotatable bonds is 4. The summed E-state index contributed by atoms with van der Waals surface area (Å²) in [7, 11) is 3.93. The van der Waals surface area contributed by atoms with Gasteiger partial charge in [0.2, 0.25) is 5.91 Å². The van der Waals surface area contributed by atoms with Crippen LogP contribution in [0.4, 0.5) is 5.69 Å². The van der Waals surface area contributed by atoms with E-state index in [0.29, 0.717) is 38.3 Å². The second-order valence-electron chi connectivity index (χ2n) is 7.10. The van der Waals surface area contributed by atoms with Crippen LogP contribution in [0.5, 0.6) is 0 Å². The summed E-state index contributed by atoms with van der Waals surface area (Å²) in [6.07, 6.45) is 2.39. The number of hydrogen-bond donors (Lipinski definition) is 0. The fourth-order valence-electron chi connectivity index (χ4n) is 3.49. The van der Waals surface area contributed by atoms with Crippen molar-refractivity contribution in [3.63, 3.8) is 0 Å². The van der Waals surface area contributed by atoms with Crippen molar-refractivity contribution in [2.45, 2.75) is 12.8 Å². The summed E-state index contributed by atoms with van der Waals surface area (Å²) in [5.41, 5.74) is 1.73. The van der Waals surface area contributed by atoms with Gasteiger partial charge in [0, 0.05) is 51.5 Å². The molecule has 0 spiro atoms. The molecule has 0 aliphatic carbocycles. The number of anilines is 1. The van der Waals surface area contributed by atoms with Crippen LogP contribution in [0.3, 0.4) is 0 Å². The lowest BCUT2D eigenvalue weighted by molar-refractivity contribution is -0.133. The zero-order valence-electron chi connectivity index (χ0n) is 15.3. The van der Waals surface area contributed by atoms with E-state index >= 15 is 0 Å². The lowest BCUT2D eigenvalue weighted by Gasteiger charge is -2.35. The monoisotopic (exact) mass is 344 g/mol. The maximum absolute atomic E-state index is 12.7. The van der Waals surface area contributed by atoms with Gasteiger partial charge in [0.15, 0.2) is 0 Å². The first-order valence-electron chi connectivity index (χ1n) is 9.11.